The van der Waals surface area contributed by atoms with E-state index >= 15 is 0 Å². The molecule has 7 heterocycles. The lowest BCUT2D eigenvalue weighted by Crippen LogP contribution is -2.65. The molecule has 10 heteroatoms. The van der Waals surface area contributed by atoms with Gasteiger partial charge in [-0.05, 0) is 106 Å². The molecule has 4 aliphatic heterocycles. The highest BCUT2D eigenvalue weighted by atomic mass is 15.3. The van der Waals surface area contributed by atoms with Crippen molar-refractivity contribution in [3.63, 3.8) is 0 Å². The Balaban J connectivity index is 1.14. The van der Waals surface area contributed by atoms with E-state index < -0.39 is 0 Å². The van der Waals surface area contributed by atoms with Crippen LogP contribution in [0, 0.1) is 0 Å². The summed E-state index contributed by atoms with van der Waals surface area (Å²) < 4.78 is 0. The third kappa shape index (κ3) is 4.58. The Morgan fingerprint density at radius 1 is 0.333 bits per heavy atom. The van der Waals surface area contributed by atoms with E-state index in [2.05, 4.69) is 190 Å². The maximum absolute atomic E-state index is 5.15. The first kappa shape index (κ1) is 33.0. The zero-order valence-electron chi connectivity index (χ0n) is 32.2. The van der Waals surface area contributed by atoms with Crippen LogP contribution in [0.15, 0.2) is 195 Å². The Morgan fingerprint density at radius 3 is 1.50 bits per heavy atom. The number of benzene rings is 6. The van der Waals surface area contributed by atoms with Gasteiger partial charge in [-0.3, -0.25) is 14.8 Å². The van der Waals surface area contributed by atoms with Crippen molar-refractivity contribution in [1.82, 2.24) is 19.9 Å². The van der Waals surface area contributed by atoms with Crippen LogP contribution in [0.3, 0.4) is 0 Å². The second-order valence-corrected chi connectivity index (χ2v) is 15.5. The fourth-order valence-electron chi connectivity index (χ4n) is 10.1. The normalized spacial score (nSPS) is 13.8. The smallest absolute Gasteiger partial charge is 0.258 e. The van der Waals surface area contributed by atoms with Crippen molar-refractivity contribution < 1.29 is 0 Å². The average Bonchev–Trinajstić information content (AvgIpc) is 3.32. The Labute approximate surface area is 347 Å². The summed E-state index contributed by atoms with van der Waals surface area (Å²) in [6.07, 6.45) is 7.58. The first-order valence-electron chi connectivity index (χ1n) is 20.3. The lowest BCUT2D eigenvalue weighted by molar-refractivity contribution is 1.07. The van der Waals surface area contributed by atoms with Crippen LogP contribution in [0.1, 0.15) is 0 Å². The largest absolute Gasteiger partial charge is 0.311 e. The van der Waals surface area contributed by atoms with E-state index in [1.54, 1.807) is 6.33 Å². The molecule has 0 spiro atoms. The molecule has 0 bridgehead atoms. The fourth-order valence-corrected chi connectivity index (χ4v) is 10.1. The highest BCUT2D eigenvalue weighted by molar-refractivity contribution is 7.03. The summed E-state index contributed by atoms with van der Waals surface area (Å²) in [7, 11) is 0. The molecule has 3 aromatic heterocycles. The fraction of sp³-hybridized carbons (Fsp3) is 0. The van der Waals surface area contributed by atoms with Crippen LogP contribution in [-0.4, -0.2) is 33.4 Å². The summed E-state index contributed by atoms with van der Waals surface area (Å²) in [5, 5.41) is 0. The van der Waals surface area contributed by atoms with Gasteiger partial charge in [0.15, 0.2) is 0 Å². The number of rotatable bonds is 4. The maximum atomic E-state index is 5.15. The van der Waals surface area contributed by atoms with Crippen LogP contribution < -0.4 is 52.4 Å². The monoisotopic (exact) mass is 766 g/mol. The number of anilines is 12. The summed E-state index contributed by atoms with van der Waals surface area (Å²) in [6.45, 7) is -0.296. The van der Waals surface area contributed by atoms with Crippen molar-refractivity contribution in [1.29, 1.82) is 0 Å². The molecule has 0 radical (unpaired) electrons. The maximum Gasteiger partial charge on any atom is 0.258 e. The number of aromatic nitrogens is 4. The first-order chi connectivity index (χ1) is 29.8. The summed E-state index contributed by atoms with van der Waals surface area (Å²) in [4.78, 5) is 29.5. The molecule has 60 heavy (non-hydrogen) atoms. The van der Waals surface area contributed by atoms with Gasteiger partial charge in [-0.2, -0.15) is 0 Å². The average molecular weight is 766 g/mol. The third-order valence-electron chi connectivity index (χ3n) is 12.4. The summed E-state index contributed by atoms with van der Waals surface area (Å²) in [6, 6.07) is 60.5. The number of hydrogen-bond donors (Lipinski definition) is 0. The minimum Gasteiger partial charge on any atom is -0.311 e. The molecule has 0 saturated heterocycles. The molecular weight excluding hydrogens is 734 g/mol. The predicted octanol–water partition coefficient (Wildman–Crippen LogP) is 7.43. The molecule has 0 amide bonds. The van der Waals surface area contributed by atoms with Crippen LogP contribution in [0.2, 0.25) is 0 Å². The van der Waals surface area contributed by atoms with E-state index in [0.717, 1.165) is 85.0 Å². The molecule has 0 atom stereocenters. The molecule has 0 saturated carbocycles. The Hall–Kier alpha value is -7.97. The van der Waals surface area contributed by atoms with Crippen molar-refractivity contribution in [2.24, 2.45) is 0 Å². The van der Waals surface area contributed by atoms with Crippen molar-refractivity contribution >= 4 is 115 Å². The third-order valence-corrected chi connectivity index (χ3v) is 12.4. The number of fused-ring (bicyclic) bond motifs is 8. The second kappa shape index (κ2) is 12.8. The van der Waals surface area contributed by atoms with Gasteiger partial charge in [-0.1, -0.05) is 91.0 Å². The zero-order chi connectivity index (χ0) is 39.3. The minimum atomic E-state index is -0.195. The topological polar surface area (TPSA) is 64.5 Å². The van der Waals surface area contributed by atoms with Crippen LogP contribution in [0.25, 0.3) is 0 Å². The van der Waals surface area contributed by atoms with Gasteiger partial charge in [-0.15, -0.1) is 0 Å². The van der Waals surface area contributed by atoms with Crippen molar-refractivity contribution in [2.45, 2.75) is 0 Å². The van der Waals surface area contributed by atoms with E-state index in [1.165, 1.54) is 16.4 Å². The highest BCUT2D eigenvalue weighted by Gasteiger charge is 2.49. The molecule has 0 fully saturated rings. The lowest BCUT2D eigenvalue weighted by atomic mass is 9.30. The number of para-hydroxylation sites is 4. The van der Waals surface area contributed by atoms with Crippen LogP contribution in [0.4, 0.5) is 68.6 Å². The van der Waals surface area contributed by atoms with Crippen LogP contribution in [0.5, 0.6) is 0 Å². The highest BCUT2D eigenvalue weighted by Crippen LogP contribution is 2.47. The van der Waals surface area contributed by atoms with Gasteiger partial charge in [-0.25, -0.2) is 15.0 Å². The van der Waals surface area contributed by atoms with Gasteiger partial charge >= 0.3 is 0 Å². The van der Waals surface area contributed by atoms with E-state index in [1.807, 2.05) is 18.5 Å². The number of pyridine rings is 2. The molecule has 4 aliphatic rings. The molecule has 8 nitrogen and oxygen atoms in total. The molecule has 0 unspecified atom stereocenters. The quantitative estimate of drug-likeness (QED) is 0.172. The summed E-state index contributed by atoms with van der Waals surface area (Å²) in [5.74, 6) is 2.55. The standard InChI is InChI=1S/C50H32B2N8/c1-5-15-33(16-6-1)57-41-26-28-53-31-40(41)52-38-29-39-45(30-44(38)58(34-17-7-2-8-18-34)43-25-13-24-42(57)46(43)52)59(35-19-9-3-10-20-35)49-47-50(56-32-55-49)60(36-21-11-4-12-22-36)48-37(51(39)47)23-14-27-54-48/h1-32H. The van der Waals surface area contributed by atoms with E-state index in [4.69, 9.17) is 19.9 Å². The van der Waals surface area contributed by atoms with Gasteiger partial charge in [0.2, 0.25) is 0 Å². The van der Waals surface area contributed by atoms with Gasteiger partial charge in [0.25, 0.3) is 13.4 Å². The van der Waals surface area contributed by atoms with Crippen molar-refractivity contribution in [3.05, 3.63) is 195 Å². The molecule has 0 N–H and O–H groups in total. The Bertz CT molecular complexity index is 2940. The SMILES string of the molecule is c1ccc(N2c3ccncc3B3c4cc5c(cc4N(c4ccccc4)c4cccc2c43)N(c2ccccc2)c2ncnc3c2B5c2cccnc2N3c2ccccc2)cc1. The van der Waals surface area contributed by atoms with Crippen molar-refractivity contribution in [2.75, 3.05) is 19.6 Å². The zero-order valence-corrected chi connectivity index (χ0v) is 32.2. The first-order valence-corrected chi connectivity index (χ1v) is 20.3. The van der Waals surface area contributed by atoms with Gasteiger partial charge in [0.1, 0.15) is 23.8 Å². The minimum absolute atomic E-state index is 0.101. The Kier molecular flexibility index (Phi) is 7.03. The lowest BCUT2D eigenvalue weighted by Gasteiger charge is -2.46. The van der Waals surface area contributed by atoms with E-state index in [9.17, 15) is 0 Å². The molecule has 6 aromatic carbocycles. The van der Waals surface area contributed by atoms with Crippen LogP contribution in [-0.2, 0) is 0 Å². The van der Waals surface area contributed by atoms with Gasteiger partial charge in [0, 0.05) is 75.2 Å². The molecule has 0 aliphatic carbocycles. The molecular formula is C50H32B2N8. The molecule has 278 valence electrons. The summed E-state index contributed by atoms with van der Waals surface area (Å²) >= 11 is 0. The van der Waals surface area contributed by atoms with Crippen molar-refractivity contribution in [3.8, 4) is 0 Å². The number of nitrogens with zero attached hydrogens (tertiary/aromatic N) is 8. The van der Waals surface area contributed by atoms with Gasteiger partial charge < -0.3 is 9.80 Å². The van der Waals surface area contributed by atoms with Crippen LogP contribution >= 0.6 is 0 Å². The van der Waals surface area contributed by atoms with E-state index in [0.29, 0.717) is 0 Å². The molecule has 9 aromatic rings. The second-order valence-electron chi connectivity index (χ2n) is 15.5. The molecule has 13 rings (SSSR count). The Morgan fingerprint density at radius 2 is 0.867 bits per heavy atom. The van der Waals surface area contributed by atoms with E-state index in [-0.39, 0.29) is 13.4 Å². The van der Waals surface area contributed by atoms with Gasteiger partial charge in [0.05, 0.1) is 0 Å². The number of hydrogen-bond acceptors (Lipinski definition) is 8. The summed E-state index contributed by atoms with van der Waals surface area (Å²) in [5.41, 5.74) is 16.8. The predicted molar refractivity (Wildman–Crippen MR) is 246 cm³/mol.